The highest BCUT2D eigenvalue weighted by Crippen LogP contribution is 2.43. The van der Waals surface area contributed by atoms with Crippen LogP contribution < -0.4 is 5.32 Å². The van der Waals surface area contributed by atoms with E-state index in [1.165, 1.54) is 6.42 Å². The molecule has 130 valence electrons. The van der Waals surface area contributed by atoms with Gasteiger partial charge >= 0.3 is 0 Å². The lowest BCUT2D eigenvalue weighted by Gasteiger charge is -2.48. The number of β-amino-alcohol motifs (C(OH)–C–C–N with tert-alkyl or cyclic N) is 1. The molecule has 2 aliphatic rings. The van der Waals surface area contributed by atoms with Gasteiger partial charge in [0.2, 0.25) is 0 Å². The smallest absolute Gasteiger partial charge is 0.0791 e. The fourth-order valence-corrected chi connectivity index (χ4v) is 4.53. The van der Waals surface area contributed by atoms with Crippen LogP contribution in [-0.2, 0) is 4.74 Å². The van der Waals surface area contributed by atoms with E-state index in [1.54, 1.807) is 0 Å². The first kappa shape index (κ1) is 18.1. The standard InChI is InChI=1S/C17H34N2O3/c1-14-8-16(2,3)12-17(9-14,13-20)18-10-15(21)11-19-4-6-22-7-5-19/h14-15,18,20-21H,4-13H2,1-3H3/t14-,15+,17-/m1/s1. The molecule has 1 aliphatic heterocycles. The van der Waals surface area contributed by atoms with Crippen LogP contribution in [0.3, 0.4) is 0 Å². The highest BCUT2D eigenvalue weighted by atomic mass is 16.5. The third-order valence-corrected chi connectivity index (χ3v) is 5.05. The van der Waals surface area contributed by atoms with Gasteiger partial charge in [-0.2, -0.15) is 0 Å². The molecule has 0 aromatic rings. The molecule has 2 rings (SSSR count). The number of nitrogens with zero attached hydrogens (tertiary/aromatic N) is 1. The topological polar surface area (TPSA) is 65.0 Å². The molecule has 5 heteroatoms. The normalized spacial score (nSPS) is 34.5. The second-order valence-corrected chi connectivity index (χ2v) is 8.24. The molecule has 0 unspecified atom stereocenters. The maximum Gasteiger partial charge on any atom is 0.0791 e. The fourth-order valence-electron chi connectivity index (χ4n) is 4.53. The molecule has 22 heavy (non-hydrogen) atoms. The average molecular weight is 314 g/mol. The van der Waals surface area contributed by atoms with E-state index < -0.39 is 6.10 Å². The van der Waals surface area contributed by atoms with Crippen LogP contribution >= 0.6 is 0 Å². The molecule has 0 aromatic carbocycles. The van der Waals surface area contributed by atoms with Crippen LogP contribution in [0, 0.1) is 11.3 Å². The Labute approximate surface area is 135 Å². The summed E-state index contributed by atoms with van der Waals surface area (Å²) in [6.45, 7) is 11.5. The van der Waals surface area contributed by atoms with Gasteiger partial charge in [-0.05, 0) is 30.6 Å². The van der Waals surface area contributed by atoms with Crippen molar-refractivity contribution in [1.82, 2.24) is 10.2 Å². The van der Waals surface area contributed by atoms with Crippen molar-refractivity contribution in [2.24, 2.45) is 11.3 Å². The Morgan fingerprint density at radius 3 is 2.55 bits per heavy atom. The molecule has 1 saturated heterocycles. The second kappa shape index (κ2) is 7.58. The van der Waals surface area contributed by atoms with Gasteiger partial charge in [-0.25, -0.2) is 0 Å². The highest BCUT2D eigenvalue weighted by molar-refractivity contribution is 4.99. The first-order valence-electron chi connectivity index (χ1n) is 8.68. The molecule has 0 amide bonds. The molecule has 0 spiro atoms. The summed E-state index contributed by atoms with van der Waals surface area (Å²) in [4.78, 5) is 2.24. The van der Waals surface area contributed by atoms with Crippen LogP contribution in [0.2, 0.25) is 0 Å². The molecular weight excluding hydrogens is 280 g/mol. The summed E-state index contributed by atoms with van der Waals surface area (Å²) in [5, 5.41) is 23.8. The Morgan fingerprint density at radius 1 is 1.27 bits per heavy atom. The van der Waals surface area contributed by atoms with Crippen molar-refractivity contribution in [3.8, 4) is 0 Å². The molecule has 1 aliphatic carbocycles. The summed E-state index contributed by atoms with van der Waals surface area (Å²) in [7, 11) is 0. The van der Waals surface area contributed by atoms with E-state index in [1.807, 2.05) is 0 Å². The third-order valence-electron chi connectivity index (χ3n) is 5.05. The Morgan fingerprint density at radius 2 is 1.95 bits per heavy atom. The number of ether oxygens (including phenoxy) is 1. The van der Waals surface area contributed by atoms with E-state index in [2.05, 4.69) is 31.0 Å². The minimum atomic E-state index is -0.401. The molecule has 0 radical (unpaired) electrons. The number of hydrogen-bond acceptors (Lipinski definition) is 5. The summed E-state index contributed by atoms with van der Waals surface area (Å²) >= 11 is 0. The van der Waals surface area contributed by atoms with Gasteiger partial charge in [-0.1, -0.05) is 20.8 Å². The zero-order valence-corrected chi connectivity index (χ0v) is 14.5. The number of morpholine rings is 1. The van der Waals surface area contributed by atoms with Gasteiger partial charge in [-0.3, -0.25) is 4.90 Å². The quantitative estimate of drug-likeness (QED) is 0.678. The van der Waals surface area contributed by atoms with E-state index in [0.717, 1.165) is 39.1 Å². The maximum absolute atomic E-state index is 10.3. The molecule has 1 heterocycles. The Bertz CT molecular complexity index is 345. The van der Waals surface area contributed by atoms with Crippen molar-refractivity contribution in [3.63, 3.8) is 0 Å². The number of aliphatic hydroxyl groups is 2. The Hall–Kier alpha value is -0.200. The van der Waals surface area contributed by atoms with Gasteiger partial charge in [0.25, 0.3) is 0 Å². The van der Waals surface area contributed by atoms with E-state index in [4.69, 9.17) is 4.74 Å². The summed E-state index contributed by atoms with van der Waals surface area (Å²) in [5.74, 6) is 0.597. The lowest BCUT2D eigenvalue weighted by molar-refractivity contribution is 0.00261. The van der Waals surface area contributed by atoms with Gasteiger partial charge in [0.1, 0.15) is 0 Å². The van der Waals surface area contributed by atoms with Gasteiger partial charge in [0.15, 0.2) is 0 Å². The van der Waals surface area contributed by atoms with Gasteiger partial charge in [0, 0.05) is 31.7 Å². The maximum atomic E-state index is 10.3. The highest BCUT2D eigenvalue weighted by Gasteiger charge is 2.42. The predicted octanol–water partition coefficient (Wildman–Crippen LogP) is 0.846. The lowest BCUT2D eigenvalue weighted by Crippen LogP contribution is -2.57. The van der Waals surface area contributed by atoms with Crippen molar-refractivity contribution >= 4 is 0 Å². The second-order valence-electron chi connectivity index (χ2n) is 8.24. The molecule has 2 fully saturated rings. The summed E-state index contributed by atoms with van der Waals surface area (Å²) in [6.07, 6.45) is 2.75. The first-order valence-corrected chi connectivity index (χ1v) is 8.68. The Kier molecular flexibility index (Phi) is 6.25. The molecule has 5 nitrogen and oxygen atoms in total. The van der Waals surface area contributed by atoms with Gasteiger partial charge < -0.3 is 20.3 Å². The number of aliphatic hydroxyl groups excluding tert-OH is 2. The number of rotatable bonds is 6. The fraction of sp³-hybridized carbons (Fsp3) is 1.00. The van der Waals surface area contributed by atoms with E-state index in [-0.39, 0.29) is 17.6 Å². The Balaban J connectivity index is 1.84. The minimum Gasteiger partial charge on any atom is -0.394 e. The molecule has 0 aromatic heterocycles. The van der Waals surface area contributed by atoms with Crippen molar-refractivity contribution in [2.45, 2.75) is 51.7 Å². The molecular formula is C17H34N2O3. The van der Waals surface area contributed by atoms with Crippen molar-refractivity contribution in [2.75, 3.05) is 46.0 Å². The van der Waals surface area contributed by atoms with Gasteiger partial charge in [0.05, 0.1) is 25.9 Å². The van der Waals surface area contributed by atoms with Crippen molar-refractivity contribution in [1.29, 1.82) is 0 Å². The third kappa shape index (κ3) is 5.17. The van der Waals surface area contributed by atoms with Crippen molar-refractivity contribution < 1.29 is 14.9 Å². The predicted molar refractivity (Wildman–Crippen MR) is 87.9 cm³/mol. The largest absolute Gasteiger partial charge is 0.394 e. The van der Waals surface area contributed by atoms with Gasteiger partial charge in [-0.15, -0.1) is 0 Å². The molecule has 0 bridgehead atoms. The van der Waals surface area contributed by atoms with Crippen LogP contribution in [0.25, 0.3) is 0 Å². The zero-order valence-electron chi connectivity index (χ0n) is 14.5. The number of nitrogens with one attached hydrogen (secondary N) is 1. The summed E-state index contributed by atoms with van der Waals surface area (Å²) in [5.41, 5.74) is -0.00425. The van der Waals surface area contributed by atoms with E-state index in [9.17, 15) is 10.2 Å². The van der Waals surface area contributed by atoms with Crippen molar-refractivity contribution in [3.05, 3.63) is 0 Å². The van der Waals surface area contributed by atoms with Crippen LogP contribution in [0.5, 0.6) is 0 Å². The zero-order chi connectivity index (χ0) is 16.2. The summed E-state index contributed by atoms with van der Waals surface area (Å²) < 4.78 is 5.33. The van der Waals surface area contributed by atoms with Crippen LogP contribution in [0.15, 0.2) is 0 Å². The average Bonchev–Trinajstić information content (AvgIpc) is 2.44. The first-order chi connectivity index (χ1) is 10.3. The van der Waals surface area contributed by atoms with E-state index >= 15 is 0 Å². The summed E-state index contributed by atoms with van der Waals surface area (Å²) in [6, 6.07) is 0. The van der Waals surface area contributed by atoms with Crippen LogP contribution in [0.4, 0.5) is 0 Å². The SMILES string of the molecule is C[C@@H]1CC(C)(C)C[C@](CO)(NC[C@H](O)CN2CCOCC2)C1. The van der Waals surface area contributed by atoms with E-state index in [0.29, 0.717) is 19.0 Å². The van der Waals surface area contributed by atoms with Crippen LogP contribution in [-0.4, -0.2) is 72.8 Å². The molecule has 1 saturated carbocycles. The minimum absolute atomic E-state index is 0.144. The molecule has 3 N–H and O–H groups in total. The number of hydrogen-bond donors (Lipinski definition) is 3. The monoisotopic (exact) mass is 314 g/mol. The lowest BCUT2D eigenvalue weighted by atomic mass is 9.64. The molecule has 3 atom stereocenters. The van der Waals surface area contributed by atoms with Crippen LogP contribution in [0.1, 0.15) is 40.0 Å².